The largest absolute Gasteiger partial charge is 0.375 e. The molecule has 2 rings (SSSR count). The Labute approximate surface area is 155 Å². The molecule has 0 aliphatic carbocycles. The predicted molar refractivity (Wildman–Crippen MR) is 103 cm³/mol. The summed E-state index contributed by atoms with van der Waals surface area (Å²) in [5.41, 5.74) is 1.26. The number of amides is 3. The van der Waals surface area contributed by atoms with E-state index in [0.717, 1.165) is 13.1 Å². The first kappa shape index (κ1) is 20.2. The van der Waals surface area contributed by atoms with Crippen LogP contribution in [-0.4, -0.2) is 68.2 Å². The normalized spacial score (nSPS) is 17.6. The summed E-state index contributed by atoms with van der Waals surface area (Å²) in [5, 5.41) is 5.60. The van der Waals surface area contributed by atoms with Crippen LogP contribution in [-0.2, 0) is 9.53 Å². The van der Waals surface area contributed by atoms with Crippen molar-refractivity contribution in [1.29, 1.82) is 0 Å². The number of nitrogens with zero attached hydrogens (tertiary/aromatic N) is 2. The molecule has 7 nitrogen and oxygen atoms in total. The number of likely N-dealkylation sites (N-methyl/N-ethyl adjacent to an activating group) is 1. The maximum atomic E-state index is 12.4. The van der Waals surface area contributed by atoms with Crippen LogP contribution in [0.25, 0.3) is 0 Å². The fourth-order valence-corrected chi connectivity index (χ4v) is 3.09. The topological polar surface area (TPSA) is 73.9 Å². The first-order valence-corrected chi connectivity index (χ1v) is 9.14. The van der Waals surface area contributed by atoms with Crippen molar-refractivity contribution in [2.45, 2.75) is 32.2 Å². The number of benzene rings is 1. The summed E-state index contributed by atoms with van der Waals surface area (Å²) in [6, 6.07) is 7.51. The number of hydrogen-bond donors (Lipinski definition) is 2. The van der Waals surface area contributed by atoms with Crippen LogP contribution in [0.5, 0.6) is 0 Å². The molecule has 144 valence electrons. The number of piperidine rings is 1. The number of anilines is 2. The minimum atomic E-state index is -0.233. The number of rotatable bonds is 7. The van der Waals surface area contributed by atoms with Gasteiger partial charge in [-0.15, -0.1) is 0 Å². The van der Waals surface area contributed by atoms with Crippen molar-refractivity contribution in [2.24, 2.45) is 0 Å². The molecule has 1 fully saturated rings. The Kier molecular flexibility index (Phi) is 7.87. The number of methoxy groups -OCH3 is 1. The zero-order valence-electron chi connectivity index (χ0n) is 16.0. The molecule has 3 amide bonds. The number of carbonyl (C=O) groups is 2. The van der Waals surface area contributed by atoms with Gasteiger partial charge in [0.1, 0.15) is 6.61 Å². The number of nitrogens with one attached hydrogen (secondary N) is 2. The number of likely N-dealkylation sites (tertiary alicyclic amines) is 1. The van der Waals surface area contributed by atoms with Crippen LogP contribution in [0.4, 0.5) is 16.2 Å². The van der Waals surface area contributed by atoms with Crippen molar-refractivity contribution >= 4 is 23.3 Å². The first-order chi connectivity index (χ1) is 12.5. The number of hydrogen-bond acceptors (Lipinski definition) is 4. The van der Waals surface area contributed by atoms with Gasteiger partial charge < -0.3 is 20.3 Å². The van der Waals surface area contributed by atoms with E-state index in [9.17, 15) is 9.59 Å². The Morgan fingerprint density at radius 3 is 2.69 bits per heavy atom. The van der Waals surface area contributed by atoms with E-state index >= 15 is 0 Å². The SMILES string of the molecule is COCC(=O)Nc1cccc(NC(=O)N(C)CCN2CCCC[C@H]2C)c1. The van der Waals surface area contributed by atoms with Crippen LogP contribution < -0.4 is 10.6 Å². The number of carbonyl (C=O) groups excluding carboxylic acids is 2. The highest BCUT2D eigenvalue weighted by atomic mass is 16.5. The average Bonchev–Trinajstić information content (AvgIpc) is 2.61. The van der Waals surface area contributed by atoms with E-state index < -0.39 is 0 Å². The second-order valence-corrected chi connectivity index (χ2v) is 6.79. The molecule has 1 aromatic carbocycles. The van der Waals surface area contributed by atoms with Crippen molar-refractivity contribution in [1.82, 2.24) is 9.80 Å². The van der Waals surface area contributed by atoms with Crippen molar-refractivity contribution in [3.8, 4) is 0 Å². The summed E-state index contributed by atoms with van der Waals surface area (Å²) in [6.07, 6.45) is 3.77. The molecule has 1 aromatic rings. The van der Waals surface area contributed by atoms with Crippen LogP contribution in [0.1, 0.15) is 26.2 Å². The quantitative estimate of drug-likeness (QED) is 0.782. The molecule has 1 saturated heterocycles. The zero-order valence-corrected chi connectivity index (χ0v) is 16.0. The Balaban J connectivity index is 1.83. The molecule has 0 saturated carbocycles. The van der Waals surface area contributed by atoms with Crippen molar-refractivity contribution in [3.05, 3.63) is 24.3 Å². The molecule has 0 radical (unpaired) electrons. The molecule has 26 heavy (non-hydrogen) atoms. The molecule has 7 heteroatoms. The molecule has 0 aromatic heterocycles. The van der Waals surface area contributed by atoms with E-state index in [2.05, 4.69) is 22.5 Å². The fraction of sp³-hybridized carbons (Fsp3) is 0.579. The lowest BCUT2D eigenvalue weighted by atomic mass is 10.0. The van der Waals surface area contributed by atoms with Crippen LogP contribution in [0.3, 0.4) is 0 Å². The van der Waals surface area contributed by atoms with Crippen LogP contribution in [0.15, 0.2) is 24.3 Å². The van der Waals surface area contributed by atoms with Gasteiger partial charge in [-0.3, -0.25) is 9.69 Å². The molecular weight excluding hydrogens is 332 g/mol. The Hall–Kier alpha value is -2.12. The van der Waals surface area contributed by atoms with Gasteiger partial charge in [-0.1, -0.05) is 12.5 Å². The van der Waals surface area contributed by atoms with Crippen molar-refractivity contribution in [3.63, 3.8) is 0 Å². The summed E-state index contributed by atoms with van der Waals surface area (Å²) >= 11 is 0. The van der Waals surface area contributed by atoms with Gasteiger partial charge in [-0.2, -0.15) is 0 Å². The first-order valence-electron chi connectivity index (χ1n) is 9.14. The molecule has 0 bridgehead atoms. The number of ether oxygens (including phenoxy) is 1. The second-order valence-electron chi connectivity index (χ2n) is 6.79. The lowest BCUT2D eigenvalue weighted by Crippen LogP contribution is -2.43. The third-order valence-electron chi connectivity index (χ3n) is 4.68. The third kappa shape index (κ3) is 6.31. The molecule has 0 spiro atoms. The molecule has 1 aliphatic rings. The highest BCUT2D eigenvalue weighted by Gasteiger charge is 2.19. The van der Waals surface area contributed by atoms with Crippen LogP contribution in [0, 0.1) is 0 Å². The molecular formula is C19H30N4O3. The predicted octanol–water partition coefficient (Wildman–Crippen LogP) is 2.61. The Morgan fingerprint density at radius 2 is 2.00 bits per heavy atom. The Morgan fingerprint density at radius 1 is 1.27 bits per heavy atom. The van der Waals surface area contributed by atoms with Gasteiger partial charge in [0.2, 0.25) is 5.91 Å². The monoisotopic (exact) mass is 362 g/mol. The Bertz CT molecular complexity index is 608. The van der Waals surface area contributed by atoms with Crippen molar-refractivity contribution < 1.29 is 14.3 Å². The highest BCUT2D eigenvalue weighted by molar-refractivity contribution is 5.94. The third-order valence-corrected chi connectivity index (χ3v) is 4.68. The fourth-order valence-electron chi connectivity index (χ4n) is 3.09. The molecule has 1 atom stereocenters. The van der Waals surface area contributed by atoms with E-state index in [0.29, 0.717) is 24.0 Å². The maximum absolute atomic E-state index is 12.4. The van der Waals surface area contributed by atoms with Crippen LogP contribution >= 0.6 is 0 Å². The summed E-state index contributed by atoms with van der Waals surface area (Å²) in [6.45, 7) is 4.93. The highest BCUT2D eigenvalue weighted by Crippen LogP contribution is 2.17. The van der Waals surface area contributed by atoms with Crippen LogP contribution in [0.2, 0.25) is 0 Å². The van der Waals surface area contributed by atoms with Gasteiger partial charge in [0.15, 0.2) is 0 Å². The lowest BCUT2D eigenvalue weighted by Gasteiger charge is -2.34. The van der Waals surface area contributed by atoms with E-state index in [1.54, 1.807) is 36.2 Å². The molecule has 1 heterocycles. The molecule has 0 unspecified atom stereocenters. The average molecular weight is 362 g/mol. The van der Waals surface area contributed by atoms with E-state index in [4.69, 9.17) is 4.74 Å². The van der Waals surface area contributed by atoms with Gasteiger partial charge >= 0.3 is 6.03 Å². The van der Waals surface area contributed by atoms with Gasteiger partial charge in [0.05, 0.1) is 0 Å². The molecule has 2 N–H and O–H groups in total. The van der Waals surface area contributed by atoms with E-state index in [1.165, 1.54) is 26.4 Å². The summed E-state index contributed by atoms with van der Waals surface area (Å²) in [7, 11) is 3.27. The number of urea groups is 1. The van der Waals surface area contributed by atoms with Gasteiger partial charge in [0.25, 0.3) is 0 Å². The van der Waals surface area contributed by atoms with E-state index in [-0.39, 0.29) is 18.5 Å². The summed E-state index contributed by atoms with van der Waals surface area (Å²) in [4.78, 5) is 28.1. The smallest absolute Gasteiger partial charge is 0.321 e. The minimum Gasteiger partial charge on any atom is -0.375 e. The second kappa shape index (κ2) is 10.1. The lowest BCUT2D eigenvalue weighted by molar-refractivity contribution is -0.119. The standard InChI is InChI=1S/C19H30N4O3/c1-15-7-4-5-10-23(15)12-11-22(2)19(25)21-17-9-6-8-16(13-17)20-18(24)14-26-3/h6,8-9,13,15H,4-5,7,10-12,14H2,1-3H3,(H,20,24)(H,21,25)/t15-/m1/s1. The van der Waals surface area contributed by atoms with Gasteiger partial charge in [-0.25, -0.2) is 4.79 Å². The van der Waals surface area contributed by atoms with Gasteiger partial charge in [-0.05, 0) is 44.5 Å². The summed E-state index contributed by atoms with van der Waals surface area (Å²) < 4.78 is 4.79. The summed E-state index contributed by atoms with van der Waals surface area (Å²) in [5.74, 6) is -0.233. The van der Waals surface area contributed by atoms with Gasteiger partial charge in [0, 0.05) is 44.7 Å². The maximum Gasteiger partial charge on any atom is 0.321 e. The van der Waals surface area contributed by atoms with Crippen molar-refractivity contribution in [2.75, 3.05) is 51.0 Å². The van der Waals surface area contributed by atoms with E-state index in [1.807, 2.05) is 0 Å². The zero-order chi connectivity index (χ0) is 18.9. The minimum absolute atomic E-state index is 0.00571. The molecule has 1 aliphatic heterocycles.